The van der Waals surface area contributed by atoms with Gasteiger partial charge in [0.15, 0.2) is 0 Å². The van der Waals surface area contributed by atoms with Crippen LogP contribution in [0.5, 0.6) is 0 Å². The molecule has 1 unspecified atom stereocenters. The molecule has 0 radical (unpaired) electrons. The minimum atomic E-state index is -3.75. The SMILES string of the molecule is Cc1ccc(S(=O)(=O)N2CCOC2CNC(=O)C(=O)NCCN(C)C)cc1. The van der Waals surface area contributed by atoms with Gasteiger partial charge in [-0.15, -0.1) is 0 Å². The third kappa shape index (κ3) is 5.73. The number of ether oxygens (including phenoxy) is 1. The number of amides is 2. The summed E-state index contributed by atoms with van der Waals surface area (Å²) in [6, 6.07) is 6.52. The van der Waals surface area contributed by atoms with E-state index in [0.29, 0.717) is 13.1 Å². The lowest BCUT2D eigenvalue weighted by Crippen LogP contribution is -2.48. The number of carbonyl (C=O) groups is 2. The van der Waals surface area contributed by atoms with Gasteiger partial charge in [0.1, 0.15) is 6.23 Å². The third-order valence-corrected chi connectivity index (χ3v) is 5.96. The summed E-state index contributed by atoms with van der Waals surface area (Å²) in [5, 5.41) is 4.93. The first kappa shape index (κ1) is 21.3. The number of likely N-dealkylation sites (N-methyl/N-ethyl adjacent to an activating group) is 1. The molecule has 2 amide bonds. The molecule has 1 aromatic carbocycles. The fourth-order valence-electron chi connectivity index (χ4n) is 2.52. The first-order valence-electron chi connectivity index (χ1n) is 8.62. The molecule has 27 heavy (non-hydrogen) atoms. The van der Waals surface area contributed by atoms with Crippen molar-refractivity contribution >= 4 is 21.8 Å². The predicted octanol–water partition coefficient (Wildman–Crippen LogP) is -0.864. The van der Waals surface area contributed by atoms with Gasteiger partial charge in [0.25, 0.3) is 0 Å². The maximum absolute atomic E-state index is 12.8. The number of aryl methyl sites for hydroxylation is 1. The minimum absolute atomic E-state index is 0.106. The number of nitrogens with zero attached hydrogens (tertiary/aromatic N) is 2. The maximum Gasteiger partial charge on any atom is 0.309 e. The van der Waals surface area contributed by atoms with Crippen LogP contribution in [0.4, 0.5) is 0 Å². The zero-order valence-electron chi connectivity index (χ0n) is 15.8. The Bertz CT molecular complexity index is 764. The second kappa shape index (κ2) is 9.27. The van der Waals surface area contributed by atoms with Crippen molar-refractivity contribution in [1.82, 2.24) is 19.8 Å². The highest BCUT2D eigenvalue weighted by atomic mass is 32.2. The molecule has 9 nitrogen and oxygen atoms in total. The maximum atomic E-state index is 12.8. The van der Waals surface area contributed by atoms with Crippen molar-refractivity contribution < 1.29 is 22.7 Å². The lowest BCUT2D eigenvalue weighted by Gasteiger charge is -2.23. The van der Waals surface area contributed by atoms with Gasteiger partial charge in [-0.25, -0.2) is 8.42 Å². The average Bonchev–Trinajstić information content (AvgIpc) is 3.09. The first-order valence-corrected chi connectivity index (χ1v) is 10.1. The summed E-state index contributed by atoms with van der Waals surface area (Å²) in [5.74, 6) is -1.58. The Morgan fingerprint density at radius 3 is 2.44 bits per heavy atom. The monoisotopic (exact) mass is 398 g/mol. The Balaban J connectivity index is 1.93. The van der Waals surface area contributed by atoms with Crippen LogP contribution in [-0.4, -0.2) is 82.5 Å². The molecule has 0 aromatic heterocycles. The fourth-order valence-corrected chi connectivity index (χ4v) is 4.03. The van der Waals surface area contributed by atoms with E-state index in [0.717, 1.165) is 5.56 Å². The molecule has 1 saturated heterocycles. The van der Waals surface area contributed by atoms with Gasteiger partial charge in [-0.2, -0.15) is 4.31 Å². The van der Waals surface area contributed by atoms with Gasteiger partial charge in [-0.3, -0.25) is 9.59 Å². The van der Waals surface area contributed by atoms with E-state index in [9.17, 15) is 18.0 Å². The molecule has 1 fully saturated rings. The topological polar surface area (TPSA) is 108 Å². The molecule has 1 aromatic rings. The molecule has 2 rings (SSSR count). The van der Waals surface area contributed by atoms with Crippen LogP contribution in [0.3, 0.4) is 0 Å². The van der Waals surface area contributed by atoms with Gasteiger partial charge in [-0.05, 0) is 33.2 Å². The van der Waals surface area contributed by atoms with Crippen molar-refractivity contribution in [3.05, 3.63) is 29.8 Å². The molecule has 1 atom stereocenters. The zero-order chi connectivity index (χ0) is 20.0. The summed E-state index contributed by atoms with van der Waals surface area (Å²) in [6.07, 6.45) is -0.852. The Labute approximate surface area is 159 Å². The summed E-state index contributed by atoms with van der Waals surface area (Å²) in [7, 11) is -0.0377. The van der Waals surface area contributed by atoms with Crippen molar-refractivity contribution in [3.8, 4) is 0 Å². The lowest BCUT2D eigenvalue weighted by molar-refractivity contribution is -0.139. The molecule has 1 heterocycles. The quantitative estimate of drug-likeness (QED) is 0.579. The number of carbonyl (C=O) groups excluding carboxylic acids is 2. The van der Waals surface area contributed by atoms with E-state index in [1.807, 2.05) is 25.9 Å². The van der Waals surface area contributed by atoms with Crippen LogP contribution in [0, 0.1) is 6.92 Å². The number of benzene rings is 1. The summed E-state index contributed by atoms with van der Waals surface area (Å²) in [4.78, 5) is 25.7. The van der Waals surface area contributed by atoms with Crippen molar-refractivity contribution in [2.45, 2.75) is 18.0 Å². The molecule has 0 aliphatic carbocycles. The third-order valence-electron chi connectivity index (χ3n) is 4.06. The molecule has 10 heteroatoms. The predicted molar refractivity (Wildman–Crippen MR) is 99.4 cm³/mol. The molecule has 150 valence electrons. The molecule has 0 spiro atoms. The number of nitrogens with one attached hydrogen (secondary N) is 2. The molecular formula is C17H26N4O5S. The standard InChI is InChI=1S/C17H26N4O5S/c1-13-4-6-14(7-5-13)27(24,25)21-10-11-26-15(21)12-19-17(23)16(22)18-8-9-20(2)3/h4-7,15H,8-12H2,1-3H3,(H,18,22)(H,19,23). The van der Waals surface area contributed by atoms with E-state index in [-0.39, 0.29) is 24.6 Å². The molecule has 1 aliphatic rings. The van der Waals surface area contributed by atoms with E-state index >= 15 is 0 Å². The number of hydrogen-bond acceptors (Lipinski definition) is 6. The van der Waals surface area contributed by atoms with Crippen LogP contribution < -0.4 is 10.6 Å². The van der Waals surface area contributed by atoms with E-state index in [2.05, 4.69) is 10.6 Å². The van der Waals surface area contributed by atoms with E-state index in [1.54, 1.807) is 12.1 Å². The van der Waals surface area contributed by atoms with Crippen LogP contribution in [0.25, 0.3) is 0 Å². The normalized spacial score (nSPS) is 17.9. The van der Waals surface area contributed by atoms with Gasteiger partial charge in [-0.1, -0.05) is 17.7 Å². The lowest BCUT2D eigenvalue weighted by atomic mass is 10.2. The van der Waals surface area contributed by atoms with Crippen LogP contribution in [0.1, 0.15) is 5.56 Å². The molecule has 0 bridgehead atoms. The fraction of sp³-hybridized carbons (Fsp3) is 0.529. The molecule has 2 N–H and O–H groups in total. The van der Waals surface area contributed by atoms with Crippen LogP contribution >= 0.6 is 0 Å². The molecule has 1 aliphatic heterocycles. The number of sulfonamides is 1. The summed E-state index contributed by atoms with van der Waals surface area (Å²) >= 11 is 0. The number of rotatable bonds is 7. The van der Waals surface area contributed by atoms with Crippen molar-refractivity contribution in [2.24, 2.45) is 0 Å². The highest BCUT2D eigenvalue weighted by molar-refractivity contribution is 7.89. The second-order valence-electron chi connectivity index (χ2n) is 6.52. The van der Waals surface area contributed by atoms with E-state index in [4.69, 9.17) is 4.74 Å². The zero-order valence-corrected chi connectivity index (χ0v) is 16.6. The van der Waals surface area contributed by atoms with E-state index in [1.165, 1.54) is 16.4 Å². The van der Waals surface area contributed by atoms with Crippen molar-refractivity contribution in [1.29, 1.82) is 0 Å². The van der Waals surface area contributed by atoms with Gasteiger partial charge in [0, 0.05) is 19.6 Å². The molecular weight excluding hydrogens is 372 g/mol. The van der Waals surface area contributed by atoms with Crippen molar-refractivity contribution in [3.63, 3.8) is 0 Å². The van der Waals surface area contributed by atoms with Gasteiger partial charge in [0.05, 0.1) is 18.0 Å². The smallest absolute Gasteiger partial charge is 0.309 e. The van der Waals surface area contributed by atoms with Gasteiger partial charge in [0.2, 0.25) is 10.0 Å². The van der Waals surface area contributed by atoms with Crippen LogP contribution in [0.15, 0.2) is 29.2 Å². The largest absolute Gasteiger partial charge is 0.359 e. The molecule has 0 saturated carbocycles. The Kier molecular flexibility index (Phi) is 7.31. The Hall–Kier alpha value is -2.01. The Morgan fingerprint density at radius 1 is 1.19 bits per heavy atom. The van der Waals surface area contributed by atoms with E-state index < -0.39 is 28.1 Å². The highest BCUT2D eigenvalue weighted by Crippen LogP contribution is 2.22. The average molecular weight is 398 g/mol. The second-order valence-corrected chi connectivity index (χ2v) is 8.41. The highest BCUT2D eigenvalue weighted by Gasteiger charge is 2.36. The summed E-state index contributed by atoms with van der Waals surface area (Å²) in [5.41, 5.74) is 0.954. The summed E-state index contributed by atoms with van der Waals surface area (Å²) in [6.45, 7) is 3.12. The van der Waals surface area contributed by atoms with Crippen LogP contribution in [0.2, 0.25) is 0 Å². The number of hydrogen-bond donors (Lipinski definition) is 2. The van der Waals surface area contributed by atoms with Gasteiger partial charge >= 0.3 is 11.8 Å². The Morgan fingerprint density at radius 2 is 1.81 bits per heavy atom. The van der Waals surface area contributed by atoms with Crippen LogP contribution in [-0.2, 0) is 24.3 Å². The van der Waals surface area contributed by atoms with Crippen molar-refractivity contribution in [2.75, 3.05) is 46.9 Å². The first-order chi connectivity index (χ1) is 12.7. The summed E-state index contributed by atoms with van der Waals surface area (Å²) < 4.78 is 32.2. The van der Waals surface area contributed by atoms with Gasteiger partial charge < -0.3 is 20.3 Å². The minimum Gasteiger partial charge on any atom is -0.359 e.